The maximum atomic E-state index is 12.6. The number of sulfonamides is 1. The fraction of sp³-hybridized carbons (Fsp3) is 0.556. The molecule has 8 nitrogen and oxygen atoms in total. The molecule has 0 atom stereocenters. The highest BCUT2D eigenvalue weighted by Gasteiger charge is 2.23. The molecule has 0 bridgehead atoms. The predicted molar refractivity (Wildman–Crippen MR) is 104 cm³/mol. The Morgan fingerprint density at radius 2 is 1.78 bits per heavy atom. The molecule has 0 unspecified atom stereocenters. The van der Waals surface area contributed by atoms with Crippen LogP contribution in [0.25, 0.3) is 0 Å². The van der Waals surface area contributed by atoms with Crippen molar-refractivity contribution in [2.45, 2.75) is 31.1 Å². The summed E-state index contributed by atoms with van der Waals surface area (Å²) in [5.74, 6) is -0.554. The zero-order valence-corrected chi connectivity index (χ0v) is 16.7. The summed E-state index contributed by atoms with van der Waals surface area (Å²) < 4.78 is 26.1. The van der Waals surface area contributed by atoms with Gasteiger partial charge in [0.1, 0.15) is 0 Å². The molecular formula is C18H28N4O4S. The van der Waals surface area contributed by atoms with Crippen LogP contribution in [0.15, 0.2) is 29.2 Å². The summed E-state index contributed by atoms with van der Waals surface area (Å²) in [5, 5.41) is 5.35. The highest BCUT2D eigenvalue weighted by Crippen LogP contribution is 2.17. The van der Waals surface area contributed by atoms with Gasteiger partial charge in [-0.15, -0.1) is 0 Å². The van der Waals surface area contributed by atoms with Crippen LogP contribution in [0.1, 0.15) is 26.2 Å². The highest BCUT2D eigenvalue weighted by atomic mass is 32.2. The van der Waals surface area contributed by atoms with Crippen LogP contribution in [0.3, 0.4) is 0 Å². The van der Waals surface area contributed by atoms with Crippen LogP contribution in [0.5, 0.6) is 0 Å². The molecule has 0 aromatic heterocycles. The summed E-state index contributed by atoms with van der Waals surface area (Å²) in [4.78, 5) is 25.5. The topological polar surface area (TPSA) is 98.8 Å². The van der Waals surface area contributed by atoms with Gasteiger partial charge in [0.05, 0.1) is 11.4 Å². The Balaban J connectivity index is 1.80. The molecule has 1 aromatic rings. The van der Waals surface area contributed by atoms with E-state index in [1.807, 2.05) is 0 Å². The summed E-state index contributed by atoms with van der Waals surface area (Å²) >= 11 is 0. The number of nitrogens with one attached hydrogen (secondary N) is 2. The number of hydrogen-bond donors (Lipinski definition) is 2. The predicted octanol–water partition coefficient (Wildman–Crippen LogP) is 0.868. The average Bonchev–Trinajstić information content (AvgIpc) is 3.12. The van der Waals surface area contributed by atoms with Gasteiger partial charge in [-0.05, 0) is 63.2 Å². The number of nitrogens with zero attached hydrogens (tertiary/aromatic N) is 2. The second-order valence-corrected chi connectivity index (χ2v) is 8.76. The Morgan fingerprint density at radius 1 is 1.15 bits per heavy atom. The van der Waals surface area contributed by atoms with Crippen LogP contribution < -0.4 is 10.6 Å². The van der Waals surface area contributed by atoms with E-state index in [-0.39, 0.29) is 23.3 Å². The van der Waals surface area contributed by atoms with Crippen molar-refractivity contribution in [3.63, 3.8) is 0 Å². The Hall–Kier alpha value is -1.97. The van der Waals surface area contributed by atoms with E-state index in [1.54, 1.807) is 0 Å². The zero-order valence-electron chi connectivity index (χ0n) is 15.9. The van der Waals surface area contributed by atoms with Gasteiger partial charge < -0.3 is 15.5 Å². The lowest BCUT2D eigenvalue weighted by molar-refractivity contribution is -0.121. The highest BCUT2D eigenvalue weighted by molar-refractivity contribution is 7.89. The minimum atomic E-state index is -3.77. The molecule has 0 radical (unpaired) electrons. The molecule has 1 heterocycles. The van der Waals surface area contributed by atoms with Gasteiger partial charge in [0.15, 0.2) is 0 Å². The SMILES string of the molecule is CC(=O)Nc1ccc(S(=O)(=O)N(C)CC(=O)NCCCN2CCCC2)cc1. The summed E-state index contributed by atoms with van der Waals surface area (Å²) in [6, 6.07) is 5.84. The summed E-state index contributed by atoms with van der Waals surface area (Å²) in [6.07, 6.45) is 3.33. The van der Waals surface area contributed by atoms with Crippen molar-refractivity contribution in [1.82, 2.24) is 14.5 Å². The number of amides is 2. The number of anilines is 1. The first kappa shape index (κ1) is 21.3. The van der Waals surface area contributed by atoms with Crippen LogP contribution in [0.2, 0.25) is 0 Å². The Kier molecular flexibility index (Phi) is 7.76. The van der Waals surface area contributed by atoms with Crippen molar-refractivity contribution in [1.29, 1.82) is 0 Å². The molecule has 1 saturated heterocycles. The summed E-state index contributed by atoms with van der Waals surface area (Å²) in [5.41, 5.74) is 0.514. The molecule has 9 heteroatoms. The molecule has 1 aliphatic rings. The minimum absolute atomic E-state index is 0.0703. The van der Waals surface area contributed by atoms with Crippen LogP contribution in [0.4, 0.5) is 5.69 Å². The van der Waals surface area contributed by atoms with Gasteiger partial charge in [0, 0.05) is 26.2 Å². The molecule has 1 fully saturated rings. The third kappa shape index (κ3) is 6.60. The van der Waals surface area contributed by atoms with Crippen molar-refractivity contribution in [2.75, 3.05) is 45.1 Å². The number of carbonyl (C=O) groups excluding carboxylic acids is 2. The third-order valence-electron chi connectivity index (χ3n) is 4.42. The number of likely N-dealkylation sites (N-methyl/N-ethyl adjacent to an activating group) is 1. The van der Waals surface area contributed by atoms with Crippen LogP contribution in [0, 0.1) is 0 Å². The quantitative estimate of drug-likeness (QED) is 0.604. The summed E-state index contributed by atoms with van der Waals surface area (Å²) in [6.45, 7) is 4.87. The third-order valence-corrected chi connectivity index (χ3v) is 6.24. The van der Waals surface area contributed by atoms with Crippen LogP contribution >= 0.6 is 0 Å². The largest absolute Gasteiger partial charge is 0.355 e. The molecule has 1 aromatic carbocycles. The fourth-order valence-corrected chi connectivity index (χ4v) is 4.10. The van der Waals surface area contributed by atoms with Crippen molar-refractivity contribution in [3.05, 3.63) is 24.3 Å². The monoisotopic (exact) mass is 396 g/mol. The summed E-state index contributed by atoms with van der Waals surface area (Å²) in [7, 11) is -2.40. The van der Waals surface area contributed by atoms with Crippen molar-refractivity contribution < 1.29 is 18.0 Å². The number of carbonyl (C=O) groups is 2. The van der Waals surface area contributed by atoms with E-state index in [2.05, 4.69) is 15.5 Å². The minimum Gasteiger partial charge on any atom is -0.355 e. The Labute approximate surface area is 161 Å². The molecular weight excluding hydrogens is 368 g/mol. The average molecular weight is 397 g/mol. The Morgan fingerprint density at radius 3 is 2.37 bits per heavy atom. The van der Waals surface area contributed by atoms with Gasteiger partial charge in [0.25, 0.3) is 0 Å². The molecule has 150 valence electrons. The number of hydrogen-bond acceptors (Lipinski definition) is 5. The second-order valence-electron chi connectivity index (χ2n) is 6.72. The van der Waals surface area contributed by atoms with Gasteiger partial charge in [-0.2, -0.15) is 4.31 Å². The van der Waals surface area contributed by atoms with Gasteiger partial charge in [0.2, 0.25) is 21.8 Å². The molecule has 2 N–H and O–H groups in total. The van der Waals surface area contributed by atoms with E-state index in [0.29, 0.717) is 12.2 Å². The van der Waals surface area contributed by atoms with Gasteiger partial charge >= 0.3 is 0 Å². The van der Waals surface area contributed by atoms with E-state index in [4.69, 9.17) is 0 Å². The number of rotatable bonds is 9. The molecule has 1 aliphatic heterocycles. The van der Waals surface area contributed by atoms with Crippen molar-refractivity contribution in [2.24, 2.45) is 0 Å². The van der Waals surface area contributed by atoms with E-state index in [0.717, 1.165) is 30.4 Å². The first-order valence-corrected chi connectivity index (χ1v) is 10.6. The second kappa shape index (κ2) is 9.82. The molecule has 2 amide bonds. The standard InChI is InChI=1S/C18H28N4O4S/c1-15(23)20-16-6-8-17(9-7-16)27(25,26)21(2)14-18(24)19-10-5-13-22-11-3-4-12-22/h6-9H,3-5,10-14H2,1-2H3,(H,19,24)(H,20,23). The van der Waals surface area contributed by atoms with Crippen molar-refractivity contribution in [3.8, 4) is 0 Å². The van der Waals surface area contributed by atoms with Gasteiger partial charge in [-0.25, -0.2) is 8.42 Å². The molecule has 2 rings (SSSR count). The fourth-order valence-electron chi connectivity index (χ4n) is 2.97. The number of likely N-dealkylation sites (tertiary alicyclic amines) is 1. The molecule has 0 saturated carbocycles. The van der Waals surface area contributed by atoms with E-state index >= 15 is 0 Å². The van der Waals surface area contributed by atoms with Crippen LogP contribution in [-0.4, -0.2) is 69.2 Å². The Bertz CT molecular complexity index is 743. The zero-order chi connectivity index (χ0) is 19.9. The van der Waals surface area contributed by atoms with E-state index in [9.17, 15) is 18.0 Å². The molecule has 0 spiro atoms. The van der Waals surface area contributed by atoms with Crippen LogP contribution in [-0.2, 0) is 19.6 Å². The smallest absolute Gasteiger partial charge is 0.243 e. The first-order valence-electron chi connectivity index (χ1n) is 9.12. The molecule has 27 heavy (non-hydrogen) atoms. The van der Waals surface area contributed by atoms with E-state index in [1.165, 1.54) is 51.1 Å². The molecule has 0 aliphatic carbocycles. The van der Waals surface area contributed by atoms with Gasteiger partial charge in [-0.1, -0.05) is 0 Å². The number of benzene rings is 1. The lowest BCUT2D eigenvalue weighted by Gasteiger charge is -2.18. The lowest BCUT2D eigenvalue weighted by Crippen LogP contribution is -2.39. The first-order chi connectivity index (χ1) is 12.8. The van der Waals surface area contributed by atoms with Gasteiger partial charge in [-0.3, -0.25) is 9.59 Å². The van der Waals surface area contributed by atoms with Crippen molar-refractivity contribution >= 4 is 27.5 Å². The van der Waals surface area contributed by atoms with E-state index < -0.39 is 10.0 Å². The lowest BCUT2D eigenvalue weighted by atomic mass is 10.3. The maximum absolute atomic E-state index is 12.6. The maximum Gasteiger partial charge on any atom is 0.243 e. The normalized spacial score (nSPS) is 15.1.